The van der Waals surface area contributed by atoms with Gasteiger partial charge >= 0.3 is 0 Å². The van der Waals surface area contributed by atoms with E-state index in [0.717, 1.165) is 50.0 Å². The summed E-state index contributed by atoms with van der Waals surface area (Å²) in [6.45, 7) is 1.77. The number of nitrogens with one attached hydrogen (secondary N) is 1. The van der Waals surface area contributed by atoms with Crippen LogP contribution < -0.4 is 10.2 Å². The Morgan fingerprint density at radius 3 is 2.96 bits per heavy atom. The molecule has 25 heavy (non-hydrogen) atoms. The summed E-state index contributed by atoms with van der Waals surface area (Å²) in [6, 6.07) is 0. The lowest BCUT2D eigenvalue weighted by Gasteiger charge is -2.26. The molecule has 0 unspecified atom stereocenters. The van der Waals surface area contributed by atoms with Crippen molar-refractivity contribution in [2.75, 3.05) is 13.1 Å². The maximum absolute atomic E-state index is 12.8. The molecule has 1 saturated carbocycles. The molecule has 3 heterocycles. The summed E-state index contributed by atoms with van der Waals surface area (Å²) < 4.78 is 2.41. The Kier molecular flexibility index (Phi) is 3.27. The van der Waals surface area contributed by atoms with Gasteiger partial charge in [-0.15, -0.1) is 0 Å². The third kappa shape index (κ3) is 2.48. The highest BCUT2D eigenvalue weighted by molar-refractivity contribution is 5.94. The van der Waals surface area contributed by atoms with Crippen molar-refractivity contribution < 1.29 is 9.52 Å². The number of hydrogen-bond acceptors (Lipinski definition) is 5. The van der Waals surface area contributed by atoms with Crippen LogP contribution in [-0.4, -0.2) is 38.8 Å². The van der Waals surface area contributed by atoms with E-state index < -0.39 is 0 Å². The Labute approximate surface area is 145 Å². The zero-order valence-corrected chi connectivity index (χ0v) is 13.9. The molecule has 1 amide bonds. The van der Waals surface area contributed by atoms with Gasteiger partial charge in [0.2, 0.25) is 12.0 Å². The molecular formula is C17H20N6O2. The summed E-state index contributed by atoms with van der Waals surface area (Å²) in [5, 5.41) is 18.1. The molecule has 8 heteroatoms. The number of rotatable bonds is 3. The van der Waals surface area contributed by atoms with Crippen molar-refractivity contribution in [3.05, 3.63) is 40.7 Å². The van der Waals surface area contributed by atoms with E-state index in [2.05, 4.69) is 15.5 Å². The summed E-state index contributed by atoms with van der Waals surface area (Å²) in [4.78, 5) is 17.1. The number of piperidine rings is 1. The zero-order chi connectivity index (χ0) is 17.0. The molecule has 130 valence electrons. The summed E-state index contributed by atoms with van der Waals surface area (Å²) in [7, 11) is 0. The van der Waals surface area contributed by atoms with E-state index in [0.29, 0.717) is 28.1 Å². The first-order chi connectivity index (χ1) is 12.2. The molecule has 2 fully saturated rings. The van der Waals surface area contributed by atoms with Crippen molar-refractivity contribution in [3.8, 4) is 5.82 Å². The van der Waals surface area contributed by atoms with Gasteiger partial charge in [-0.1, -0.05) is 6.42 Å². The molecule has 5 rings (SSSR count). The molecule has 1 aliphatic heterocycles. The minimum Gasteiger partial charge on any atom is -0.619 e. The molecule has 0 radical (unpaired) electrons. The van der Waals surface area contributed by atoms with Gasteiger partial charge in [0, 0.05) is 24.6 Å². The van der Waals surface area contributed by atoms with Crippen molar-refractivity contribution >= 4 is 5.91 Å². The maximum Gasteiger partial charge on any atom is 0.286 e. The number of hydrogen-bond donors (Lipinski definition) is 1. The second-order valence-corrected chi connectivity index (χ2v) is 7.19. The van der Waals surface area contributed by atoms with E-state index in [1.165, 1.54) is 25.0 Å². The normalized spacial score (nSPS) is 24.6. The average molecular weight is 340 g/mol. The number of amides is 1. The molecule has 2 aromatic rings. The van der Waals surface area contributed by atoms with Gasteiger partial charge in [-0.3, -0.25) is 10.2 Å². The van der Waals surface area contributed by atoms with E-state index in [9.17, 15) is 10.0 Å². The minimum atomic E-state index is -0.149. The zero-order valence-electron chi connectivity index (χ0n) is 13.9. The molecule has 3 aliphatic rings. The highest BCUT2D eigenvalue weighted by Crippen LogP contribution is 2.57. The second kappa shape index (κ2) is 5.52. The van der Waals surface area contributed by atoms with E-state index in [-0.39, 0.29) is 5.91 Å². The van der Waals surface area contributed by atoms with Crippen LogP contribution in [0.3, 0.4) is 0 Å². The smallest absolute Gasteiger partial charge is 0.286 e. The van der Waals surface area contributed by atoms with Gasteiger partial charge in [-0.25, -0.2) is 14.7 Å². The molecule has 2 aromatic heterocycles. The molecule has 0 bridgehead atoms. The van der Waals surface area contributed by atoms with Crippen molar-refractivity contribution in [2.45, 2.75) is 38.0 Å². The number of carbonyl (C=O) groups excluding carboxylic acids is 1. The first-order valence-electron chi connectivity index (χ1n) is 8.93. The monoisotopic (exact) mass is 340 g/mol. The molecule has 2 aliphatic carbocycles. The van der Waals surface area contributed by atoms with Crippen molar-refractivity contribution in [1.29, 1.82) is 0 Å². The van der Waals surface area contributed by atoms with Gasteiger partial charge in [0.05, 0.1) is 11.9 Å². The van der Waals surface area contributed by atoms with Gasteiger partial charge < -0.3 is 5.21 Å². The summed E-state index contributed by atoms with van der Waals surface area (Å²) in [5.74, 6) is 1.38. The van der Waals surface area contributed by atoms with Crippen LogP contribution in [0.4, 0.5) is 0 Å². The number of nitrogens with zero attached hydrogens (tertiary/aromatic N) is 5. The van der Waals surface area contributed by atoms with Crippen LogP contribution in [0.2, 0.25) is 0 Å². The van der Waals surface area contributed by atoms with Gasteiger partial charge in [-0.2, -0.15) is 9.83 Å². The number of hydrazine groups is 1. The van der Waals surface area contributed by atoms with Crippen LogP contribution in [0.1, 0.15) is 53.3 Å². The summed E-state index contributed by atoms with van der Waals surface area (Å²) >= 11 is 0. The standard InChI is InChI=1S/C17H20N6O2/c24-17(20-21-5-2-1-3-6-21)15-13-9-11-8-12(11)16(13)23(19-15)14-10-22(25)7-4-18-14/h4,7,10-12H,1-3,5-6,8-9H2,(H,20,24)/t11-,12-/m1/s1. The van der Waals surface area contributed by atoms with Crippen LogP contribution in [-0.2, 0) is 6.42 Å². The molecule has 1 N–H and O–H groups in total. The molecule has 1 saturated heterocycles. The third-order valence-corrected chi connectivity index (χ3v) is 5.47. The van der Waals surface area contributed by atoms with E-state index in [4.69, 9.17) is 0 Å². The quantitative estimate of drug-likeness (QED) is 0.656. The summed E-state index contributed by atoms with van der Waals surface area (Å²) in [5.41, 5.74) is 5.57. The third-order valence-electron chi connectivity index (χ3n) is 5.47. The SMILES string of the molecule is O=C(NN1CCCCC1)c1nn(-c2c[n+]([O-])ccn2)c2c1C[C@H]1C[C@@H]21. The largest absolute Gasteiger partial charge is 0.619 e. The van der Waals surface area contributed by atoms with Gasteiger partial charge in [0.15, 0.2) is 11.9 Å². The van der Waals surface area contributed by atoms with Gasteiger partial charge in [0.25, 0.3) is 5.91 Å². The van der Waals surface area contributed by atoms with Crippen LogP contribution in [0.5, 0.6) is 0 Å². The molecule has 2 atom stereocenters. The molecular weight excluding hydrogens is 320 g/mol. The topological polar surface area (TPSA) is 90.0 Å². The predicted octanol–water partition coefficient (Wildman–Crippen LogP) is 0.691. The predicted molar refractivity (Wildman–Crippen MR) is 87.8 cm³/mol. The highest BCUT2D eigenvalue weighted by atomic mass is 16.5. The van der Waals surface area contributed by atoms with Gasteiger partial charge in [0.1, 0.15) is 0 Å². The van der Waals surface area contributed by atoms with E-state index in [1.807, 2.05) is 5.01 Å². The van der Waals surface area contributed by atoms with Crippen molar-refractivity contribution in [3.63, 3.8) is 0 Å². The second-order valence-electron chi connectivity index (χ2n) is 7.19. The molecule has 8 nitrogen and oxygen atoms in total. The Morgan fingerprint density at radius 2 is 2.16 bits per heavy atom. The van der Waals surface area contributed by atoms with Crippen molar-refractivity contribution in [1.82, 2.24) is 25.2 Å². The Morgan fingerprint density at radius 1 is 1.32 bits per heavy atom. The van der Waals surface area contributed by atoms with Crippen LogP contribution in [0.25, 0.3) is 5.82 Å². The number of fused-ring (bicyclic) bond motifs is 3. The van der Waals surface area contributed by atoms with Crippen LogP contribution >= 0.6 is 0 Å². The summed E-state index contributed by atoms with van der Waals surface area (Å²) in [6.07, 6.45) is 9.66. The number of aromatic nitrogens is 4. The first kappa shape index (κ1) is 14.8. The Hall–Kier alpha value is -2.48. The fourth-order valence-corrected chi connectivity index (χ4v) is 4.15. The lowest BCUT2D eigenvalue weighted by atomic mass is 10.1. The Balaban J connectivity index is 1.50. The molecule has 0 spiro atoms. The molecule has 0 aromatic carbocycles. The fraction of sp³-hybridized carbons (Fsp3) is 0.529. The lowest BCUT2D eigenvalue weighted by molar-refractivity contribution is -0.605. The van der Waals surface area contributed by atoms with Crippen molar-refractivity contribution in [2.24, 2.45) is 5.92 Å². The average Bonchev–Trinajstić information content (AvgIpc) is 3.11. The first-order valence-corrected chi connectivity index (χ1v) is 8.93. The van der Waals surface area contributed by atoms with E-state index >= 15 is 0 Å². The lowest BCUT2D eigenvalue weighted by Crippen LogP contribution is -2.45. The van der Waals surface area contributed by atoms with Gasteiger partial charge in [-0.05, 0) is 31.6 Å². The van der Waals surface area contributed by atoms with E-state index in [1.54, 1.807) is 4.68 Å². The van der Waals surface area contributed by atoms with Crippen LogP contribution in [0, 0.1) is 11.1 Å². The fourth-order valence-electron chi connectivity index (χ4n) is 4.15. The minimum absolute atomic E-state index is 0.149. The highest BCUT2D eigenvalue weighted by Gasteiger charge is 2.50. The number of carbonyl (C=O) groups is 1. The van der Waals surface area contributed by atoms with Crippen LogP contribution in [0.15, 0.2) is 18.6 Å². The Bertz CT molecular complexity index is 842. The maximum atomic E-state index is 12.8.